The molecule has 0 aromatic rings. The second-order valence-corrected chi connectivity index (χ2v) is 26.5. The number of hydrogen-bond donors (Lipinski definition) is 6. The monoisotopic (exact) mass is 1170 g/mol. The van der Waals surface area contributed by atoms with Gasteiger partial charge in [0.25, 0.3) is 0 Å². The normalized spacial score (nSPS) is 14.1. The van der Waals surface area contributed by atoms with Crippen molar-refractivity contribution in [3.8, 4) is 24.7 Å². The van der Waals surface area contributed by atoms with Gasteiger partial charge in [-0.25, -0.2) is 0 Å². The van der Waals surface area contributed by atoms with Gasteiger partial charge in [-0.15, -0.1) is 42.0 Å². The Labute approximate surface area is 493 Å². The average Bonchev–Trinajstić information content (AvgIpc) is 3.28. The second kappa shape index (κ2) is 52.9. The Kier molecular flexibility index (Phi) is 65.3. The summed E-state index contributed by atoms with van der Waals surface area (Å²) in [6, 6.07) is 0. The molecule has 0 aromatic heterocycles. The minimum atomic E-state index is -0.541. The molecule has 6 atom stereocenters. The third-order valence-electron chi connectivity index (χ3n) is 7.86. The van der Waals surface area contributed by atoms with Crippen LogP contribution in [0.5, 0.6) is 0 Å². The summed E-state index contributed by atoms with van der Waals surface area (Å²) in [7, 11) is 0. The largest absolute Gasteiger partial charge is 0.391 e. The van der Waals surface area contributed by atoms with E-state index in [9.17, 15) is 0 Å². The lowest BCUT2D eigenvalue weighted by Gasteiger charge is -2.21. The molecule has 0 radical (unpaired) electrons. The van der Waals surface area contributed by atoms with Gasteiger partial charge in [-0.05, 0) is 192 Å². The number of alkyl halides is 2. The summed E-state index contributed by atoms with van der Waals surface area (Å²) < 4.78 is 42.3. The summed E-state index contributed by atoms with van der Waals surface area (Å²) in [5, 5.41) is 54.3. The van der Waals surface area contributed by atoms with Crippen LogP contribution < -0.4 is 0 Å². The lowest BCUT2D eigenvalue weighted by molar-refractivity contribution is -0.0493. The van der Waals surface area contributed by atoms with Crippen molar-refractivity contribution in [2.24, 2.45) is 0 Å². The van der Waals surface area contributed by atoms with Crippen molar-refractivity contribution in [2.75, 3.05) is 64.6 Å². The Morgan fingerprint density at radius 3 is 0.615 bits per heavy atom. The number of aliphatic hydroxyl groups excluding tert-OH is 6. The van der Waals surface area contributed by atoms with E-state index in [4.69, 9.17) is 105 Å². The molecule has 0 spiro atoms. The van der Waals surface area contributed by atoms with Crippen molar-refractivity contribution in [3.05, 3.63) is 0 Å². The Morgan fingerprint density at radius 1 is 0.321 bits per heavy atom. The third-order valence-corrected chi connectivity index (χ3v) is 8.58. The van der Waals surface area contributed by atoms with Gasteiger partial charge in [-0.2, -0.15) is 0 Å². The van der Waals surface area contributed by atoms with Gasteiger partial charge in [0.05, 0.1) is 139 Å². The fraction of sp³-hybridized carbons (Fsp3) is 0.935. The first-order valence-electron chi connectivity index (χ1n) is 27.5. The maximum Gasteiger partial charge on any atom is 0.108 e. The molecular weight excluding hydrogens is 1040 g/mol. The minimum absolute atomic E-state index is 0. The number of ether oxygens (including phenoxy) is 8. The van der Waals surface area contributed by atoms with E-state index < -0.39 is 12.2 Å². The van der Waals surface area contributed by atoms with Gasteiger partial charge in [0.1, 0.15) is 6.61 Å². The highest BCUT2D eigenvalue weighted by Crippen LogP contribution is 2.12. The molecule has 0 aliphatic carbocycles. The van der Waals surface area contributed by atoms with E-state index in [0.29, 0.717) is 59.3 Å². The molecule has 14 nitrogen and oxygen atoms in total. The molecule has 0 aliphatic heterocycles. The molecule has 478 valence electrons. The van der Waals surface area contributed by atoms with Crippen molar-refractivity contribution in [2.45, 2.75) is 315 Å². The Hall–Kier alpha value is -0.860. The molecule has 0 fully saturated rings. The zero-order valence-electron chi connectivity index (χ0n) is 54.9. The first-order valence-corrected chi connectivity index (χ1v) is 28.6. The van der Waals surface area contributed by atoms with Crippen molar-refractivity contribution in [1.29, 1.82) is 0 Å². The fourth-order valence-electron chi connectivity index (χ4n) is 3.31. The van der Waals surface area contributed by atoms with E-state index in [1.165, 1.54) is 0 Å². The lowest BCUT2D eigenvalue weighted by atomic mass is 10.2. The number of halogens is 2. The summed E-state index contributed by atoms with van der Waals surface area (Å²) in [5.74, 6) is 5.38. The average molecular weight is 1170 g/mol. The van der Waals surface area contributed by atoms with Crippen LogP contribution in [0.15, 0.2) is 0 Å². The molecule has 0 saturated heterocycles. The molecule has 0 amide bonds. The number of hydrogen-bond acceptors (Lipinski definition) is 14. The summed E-state index contributed by atoms with van der Waals surface area (Å²) in [6.45, 7) is 58.6. The molecule has 0 aromatic carbocycles. The zero-order valence-corrected chi connectivity index (χ0v) is 56.4. The van der Waals surface area contributed by atoms with Crippen molar-refractivity contribution in [3.63, 3.8) is 0 Å². The smallest absolute Gasteiger partial charge is 0.108 e. The van der Waals surface area contributed by atoms with Crippen molar-refractivity contribution >= 4 is 23.2 Å². The first kappa shape index (κ1) is 96.3. The number of aliphatic hydroxyl groups is 6. The highest BCUT2D eigenvalue weighted by molar-refractivity contribution is 6.18. The highest BCUT2D eigenvalue weighted by atomic mass is 35.5. The fourth-order valence-corrected chi connectivity index (χ4v) is 3.49. The molecule has 0 rings (SSSR count). The van der Waals surface area contributed by atoms with E-state index in [1.807, 2.05) is 194 Å². The first-order chi connectivity index (χ1) is 34.3. The van der Waals surface area contributed by atoms with Gasteiger partial charge >= 0.3 is 0 Å². The van der Waals surface area contributed by atoms with Crippen LogP contribution >= 0.6 is 23.2 Å². The summed E-state index contributed by atoms with van der Waals surface area (Å²) >= 11 is 10.7. The lowest BCUT2D eigenvalue weighted by Crippen LogP contribution is -2.26. The molecule has 2 unspecified atom stereocenters. The van der Waals surface area contributed by atoms with Crippen LogP contribution in [0.2, 0.25) is 0 Å². The van der Waals surface area contributed by atoms with E-state index in [-0.39, 0.29) is 88.4 Å². The van der Waals surface area contributed by atoms with Crippen molar-refractivity contribution < 1.29 is 68.5 Å². The Balaban J connectivity index is -0.0000000996. The van der Waals surface area contributed by atoms with E-state index in [0.717, 1.165) is 25.7 Å². The molecule has 78 heavy (non-hydrogen) atoms. The molecule has 0 bridgehead atoms. The third kappa shape index (κ3) is 122. The van der Waals surface area contributed by atoms with Crippen LogP contribution in [0, 0.1) is 24.7 Å². The maximum atomic E-state index is 9.10. The van der Waals surface area contributed by atoms with E-state index >= 15 is 0 Å². The topological polar surface area (TPSA) is 195 Å². The van der Waals surface area contributed by atoms with E-state index in [1.54, 1.807) is 0 Å². The van der Waals surface area contributed by atoms with Crippen molar-refractivity contribution in [1.82, 2.24) is 0 Å². The van der Waals surface area contributed by atoms with Gasteiger partial charge < -0.3 is 68.5 Å². The summed E-state index contributed by atoms with van der Waals surface area (Å²) in [6.07, 6.45) is 11.4. The number of rotatable bonds is 21. The molecule has 0 heterocycles. The van der Waals surface area contributed by atoms with Crippen LogP contribution in [0.1, 0.15) is 233 Å². The SMILES string of the molecule is C.C#CCCOC(C)(C)C.C#CCOC(C)(C)C.CC(C)(C)OCC(O)CCl.CC(C)(C)OC[C@@H](O)CCl.CCC(O)COC(C)(C)C.CC[C@@H](O)COC(C)(C)C.CC[C@@H](O)COC(C)(C)C.CC[C@H](O)COC(C)(C)C. The molecule has 0 aliphatic rings. The van der Waals surface area contributed by atoms with Crippen LogP contribution in [0.4, 0.5) is 0 Å². The molecule has 16 heteroatoms. The second-order valence-electron chi connectivity index (χ2n) is 25.9. The number of terminal acetylenes is 2. The highest BCUT2D eigenvalue weighted by Gasteiger charge is 2.16. The molecule has 6 N–H and O–H groups in total. The van der Waals surface area contributed by atoms with Crippen LogP contribution in [0.3, 0.4) is 0 Å². The summed E-state index contributed by atoms with van der Waals surface area (Å²) in [5.41, 5.74) is -1.03. The van der Waals surface area contributed by atoms with Gasteiger partial charge in [-0.3, -0.25) is 0 Å². The summed E-state index contributed by atoms with van der Waals surface area (Å²) in [4.78, 5) is 0. The predicted octanol–water partition coefficient (Wildman–Crippen LogP) is 13.0. The molecule has 0 saturated carbocycles. The molecular formula is C62H132Cl2O14. The van der Waals surface area contributed by atoms with Crippen LogP contribution in [-0.4, -0.2) is 177 Å². The van der Waals surface area contributed by atoms with Gasteiger partial charge in [0, 0.05) is 6.42 Å². The van der Waals surface area contributed by atoms with Crippen LogP contribution in [0.25, 0.3) is 0 Å². The van der Waals surface area contributed by atoms with Gasteiger partial charge in [-0.1, -0.05) is 41.0 Å². The zero-order chi connectivity index (χ0) is 63.1. The van der Waals surface area contributed by atoms with Gasteiger partial charge in [0.2, 0.25) is 0 Å². The maximum absolute atomic E-state index is 9.10. The standard InChI is InChI=1S/4C8H18O2.C8H14O.2C7H15ClO2.C7H12O.CH4/c4*1-5-7(9)6-10-8(2,3)4;1-5-6-7-9-8(2,3)4;2*1-7(2,3)10-5-6(9)4-8;1-5-6-8-7(2,3)4;/h4*7,9H,5-6H2,1-4H3;1H,6-7H2,2-4H3;2*6,9H,4-5H2,1-3H3;1H,6H2,2-4H3;1H4/t3*7-;;;6-;;;/m110..0.../s1. The quantitative estimate of drug-likeness (QED) is 0.0361. The van der Waals surface area contributed by atoms with Gasteiger partial charge in [0.15, 0.2) is 0 Å². The van der Waals surface area contributed by atoms with E-state index in [2.05, 4.69) is 11.8 Å². The predicted molar refractivity (Wildman–Crippen MR) is 333 cm³/mol. The Morgan fingerprint density at radius 2 is 0.500 bits per heavy atom. The Bertz CT molecular complexity index is 1130. The van der Waals surface area contributed by atoms with Crippen LogP contribution in [-0.2, 0) is 37.9 Å². The minimum Gasteiger partial charge on any atom is -0.391 e.